The summed E-state index contributed by atoms with van der Waals surface area (Å²) in [4.78, 5) is 22.8. The molecular formula is C26H25F3N6OS. The first kappa shape index (κ1) is 24.3. The van der Waals surface area contributed by atoms with Crippen LogP contribution in [-0.4, -0.2) is 51.6 Å². The van der Waals surface area contributed by atoms with Crippen LogP contribution in [0.25, 0.3) is 0 Å². The lowest BCUT2D eigenvalue weighted by Gasteiger charge is -2.42. The van der Waals surface area contributed by atoms with Crippen molar-refractivity contribution in [3.05, 3.63) is 53.3 Å². The zero-order valence-electron chi connectivity index (χ0n) is 20.0. The molecule has 2 aromatic rings. The zero-order chi connectivity index (χ0) is 26.0. The summed E-state index contributed by atoms with van der Waals surface area (Å²) in [6.45, 7) is 3.80. The predicted octanol–water partition coefficient (Wildman–Crippen LogP) is 3.97. The first-order chi connectivity index (χ1) is 17.7. The maximum atomic E-state index is 13.7. The first-order valence-electron chi connectivity index (χ1n) is 12.4. The van der Waals surface area contributed by atoms with Gasteiger partial charge in [-0.05, 0) is 68.1 Å². The van der Waals surface area contributed by atoms with Crippen LogP contribution < -0.4 is 15.1 Å². The third kappa shape index (κ3) is 3.98. The van der Waals surface area contributed by atoms with Gasteiger partial charge in [-0.3, -0.25) is 14.6 Å². The lowest BCUT2D eigenvalue weighted by atomic mass is 9.75. The molecule has 2 aliphatic heterocycles. The molecule has 7 nitrogen and oxygen atoms in total. The second kappa shape index (κ2) is 8.48. The van der Waals surface area contributed by atoms with Crippen molar-refractivity contribution in [1.82, 2.24) is 15.2 Å². The number of rotatable bonds is 4. The summed E-state index contributed by atoms with van der Waals surface area (Å²) >= 11 is 5.69. The Kier molecular flexibility index (Phi) is 5.56. The quantitative estimate of drug-likeness (QED) is 0.605. The Hall–Kier alpha value is -3.07. The van der Waals surface area contributed by atoms with E-state index in [0.29, 0.717) is 24.1 Å². The predicted molar refractivity (Wildman–Crippen MR) is 135 cm³/mol. The molecule has 3 heterocycles. The number of alkyl halides is 3. The minimum absolute atomic E-state index is 0.0659. The van der Waals surface area contributed by atoms with Crippen LogP contribution in [0.3, 0.4) is 0 Å². The summed E-state index contributed by atoms with van der Waals surface area (Å²) in [6.07, 6.45) is 0.591. The van der Waals surface area contributed by atoms with Crippen LogP contribution in [0, 0.1) is 11.3 Å². The van der Waals surface area contributed by atoms with Gasteiger partial charge in [-0.25, -0.2) is 4.98 Å². The van der Waals surface area contributed by atoms with E-state index >= 15 is 0 Å². The third-order valence-corrected chi connectivity index (χ3v) is 8.41. The molecule has 2 aliphatic carbocycles. The van der Waals surface area contributed by atoms with Gasteiger partial charge in [0.15, 0.2) is 10.8 Å². The minimum atomic E-state index is -4.76. The number of thiocarbonyl (C=S) groups is 1. The van der Waals surface area contributed by atoms with Crippen LogP contribution in [0.1, 0.15) is 48.9 Å². The molecule has 1 aromatic heterocycles. The summed E-state index contributed by atoms with van der Waals surface area (Å²) < 4.78 is 40.9. The number of anilines is 2. The summed E-state index contributed by atoms with van der Waals surface area (Å²) in [5, 5.41) is 12.8. The normalized spacial score (nSPS) is 22.4. The maximum Gasteiger partial charge on any atom is 0.419 e. The van der Waals surface area contributed by atoms with Crippen molar-refractivity contribution < 1.29 is 18.0 Å². The summed E-state index contributed by atoms with van der Waals surface area (Å²) in [5.41, 5.74) is -0.811. The van der Waals surface area contributed by atoms with E-state index in [1.165, 1.54) is 34.9 Å². The number of nitrogens with one attached hydrogen (secondary N) is 1. The van der Waals surface area contributed by atoms with Gasteiger partial charge in [0, 0.05) is 31.7 Å². The zero-order valence-corrected chi connectivity index (χ0v) is 20.8. The molecule has 2 spiro atoms. The van der Waals surface area contributed by atoms with Gasteiger partial charge < -0.3 is 10.2 Å². The molecule has 6 rings (SSSR count). The fraction of sp³-hybridized carbons (Fsp3) is 0.462. The molecule has 4 fully saturated rings. The Balaban J connectivity index is 1.28. The molecule has 192 valence electrons. The summed E-state index contributed by atoms with van der Waals surface area (Å²) in [6, 6.07) is 10.0. The van der Waals surface area contributed by atoms with Crippen molar-refractivity contribution >= 4 is 34.6 Å². The fourth-order valence-electron chi connectivity index (χ4n) is 5.76. The van der Waals surface area contributed by atoms with Gasteiger partial charge in [0.25, 0.3) is 5.91 Å². The van der Waals surface area contributed by atoms with Gasteiger partial charge in [0.2, 0.25) is 0 Å². The van der Waals surface area contributed by atoms with Gasteiger partial charge >= 0.3 is 6.18 Å². The maximum absolute atomic E-state index is 13.7. The van der Waals surface area contributed by atoms with Crippen LogP contribution >= 0.6 is 12.2 Å². The molecule has 2 saturated carbocycles. The topological polar surface area (TPSA) is 75.5 Å². The molecule has 37 heavy (non-hydrogen) atoms. The molecule has 0 unspecified atom stereocenters. The highest BCUT2D eigenvalue weighted by molar-refractivity contribution is 7.81. The molecule has 0 atom stereocenters. The monoisotopic (exact) mass is 526 g/mol. The third-order valence-electron chi connectivity index (χ3n) is 8.04. The average molecular weight is 527 g/mol. The smallest absolute Gasteiger partial charge is 0.309 e. The van der Waals surface area contributed by atoms with E-state index in [4.69, 9.17) is 17.5 Å². The lowest BCUT2D eigenvalue weighted by molar-refractivity contribution is -0.138. The number of nitrogens with zero attached hydrogens (tertiary/aromatic N) is 5. The Morgan fingerprint density at radius 2 is 1.86 bits per heavy atom. The fourth-order valence-corrected chi connectivity index (χ4v) is 6.23. The number of hydrogen-bond acceptors (Lipinski definition) is 6. The number of carbonyl (C=O) groups excluding carboxylic acids is 1. The van der Waals surface area contributed by atoms with E-state index < -0.39 is 23.0 Å². The second-order valence-corrected chi connectivity index (χ2v) is 10.8. The Labute approximate surface area is 217 Å². The van der Waals surface area contributed by atoms with Crippen molar-refractivity contribution in [2.75, 3.05) is 29.4 Å². The van der Waals surface area contributed by atoms with Gasteiger partial charge in [-0.15, -0.1) is 0 Å². The van der Waals surface area contributed by atoms with Crippen LogP contribution in [0.15, 0.2) is 36.5 Å². The van der Waals surface area contributed by atoms with E-state index in [-0.39, 0.29) is 16.7 Å². The van der Waals surface area contributed by atoms with Crippen molar-refractivity contribution in [3.8, 4) is 6.07 Å². The van der Waals surface area contributed by atoms with Crippen molar-refractivity contribution in [2.45, 2.75) is 55.9 Å². The van der Waals surface area contributed by atoms with Crippen molar-refractivity contribution in [3.63, 3.8) is 0 Å². The number of piperazine rings is 1. The number of hydrogen-bond donors (Lipinski definition) is 1. The number of amides is 1. The highest BCUT2D eigenvalue weighted by Crippen LogP contribution is 2.48. The average Bonchev–Trinajstić information content (AvgIpc) is 3.53. The van der Waals surface area contributed by atoms with Crippen LogP contribution in [0.4, 0.5) is 24.5 Å². The molecule has 1 N–H and O–H groups in total. The number of nitriles is 1. The van der Waals surface area contributed by atoms with Gasteiger partial charge in [0.05, 0.1) is 23.1 Å². The molecule has 11 heteroatoms. The highest BCUT2D eigenvalue weighted by atomic mass is 32.1. The molecular weight excluding hydrogens is 501 g/mol. The van der Waals surface area contributed by atoms with Gasteiger partial charge in [-0.2, -0.15) is 18.4 Å². The van der Waals surface area contributed by atoms with E-state index in [2.05, 4.69) is 15.2 Å². The van der Waals surface area contributed by atoms with Crippen LogP contribution in [0.2, 0.25) is 0 Å². The van der Waals surface area contributed by atoms with E-state index in [0.717, 1.165) is 44.2 Å². The van der Waals surface area contributed by atoms with E-state index in [9.17, 15) is 18.0 Å². The van der Waals surface area contributed by atoms with Crippen molar-refractivity contribution in [1.29, 1.82) is 5.26 Å². The molecule has 1 aromatic carbocycles. The molecule has 2 saturated heterocycles. The van der Waals surface area contributed by atoms with Crippen molar-refractivity contribution in [2.24, 2.45) is 0 Å². The Bertz CT molecular complexity index is 1310. The summed E-state index contributed by atoms with van der Waals surface area (Å²) in [7, 11) is 0. The number of carbonyl (C=O) groups is 1. The molecule has 0 bridgehead atoms. The number of benzene rings is 1. The number of pyridine rings is 1. The standard InChI is InChI=1S/C26H25F3N6OS/c27-26(28,29)20-12-19(14-31-21(20)13-30)35-23(37)34(22(36)25(35)6-1-7-25)18-4-2-17(3-5-18)15-33-11-10-32-24(16-33)8-9-24/h2-5,12,14,32H,1,6-11,15-16H2. The second-order valence-electron chi connectivity index (χ2n) is 10.4. The largest absolute Gasteiger partial charge is 0.419 e. The number of halogens is 3. The van der Waals surface area contributed by atoms with E-state index in [1.807, 2.05) is 24.3 Å². The highest BCUT2D eigenvalue weighted by Gasteiger charge is 2.60. The first-order valence-corrected chi connectivity index (χ1v) is 12.8. The lowest BCUT2D eigenvalue weighted by Crippen LogP contribution is -2.55. The molecule has 4 aliphatic rings. The van der Waals surface area contributed by atoms with Crippen LogP contribution in [0.5, 0.6) is 0 Å². The van der Waals surface area contributed by atoms with Crippen LogP contribution in [-0.2, 0) is 17.5 Å². The molecule has 1 amide bonds. The van der Waals surface area contributed by atoms with Gasteiger partial charge in [0.1, 0.15) is 11.6 Å². The Morgan fingerprint density at radius 3 is 2.46 bits per heavy atom. The molecule has 0 radical (unpaired) electrons. The minimum Gasteiger partial charge on any atom is -0.309 e. The summed E-state index contributed by atoms with van der Waals surface area (Å²) in [5.74, 6) is -0.243. The SMILES string of the molecule is N#Cc1ncc(N2C(=S)N(c3ccc(CN4CCNC5(CC5)C4)cc3)C(=O)C23CCC3)cc1C(F)(F)F. The number of aromatic nitrogens is 1. The van der Waals surface area contributed by atoms with E-state index in [1.54, 1.807) is 0 Å². The van der Waals surface area contributed by atoms with Gasteiger partial charge in [-0.1, -0.05) is 12.1 Å². The Morgan fingerprint density at radius 1 is 1.14 bits per heavy atom.